The van der Waals surface area contributed by atoms with Crippen LogP contribution in [0.2, 0.25) is 0 Å². The Hall–Kier alpha value is -2.33. The van der Waals surface area contributed by atoms with E-state index in [0.717, 1.165) is 6.42 Å². The molecule has 0 aliphatic heterocycles. The van der Waals surface area contributed by atoms with Crippen LogP contribution in [0.1, 0.15) is 13.3 Å². The van der Waals surface area contributed by atoms with Crippen LogP contribution in [0.4, 0.5) is 11.9 Å². The third-order valence-electron chi connectivity index (χ3n) is 2.51. The van der Waals surface area contributed by atoms with Crippen LogP contribution in [-0.4, -0.2) is 49.5 Å². The fourth-order valence-corrected chi connectivity index (χ4v) is 1.49. The average Bonchev–Trinajstić information content (AvgIpc) is 2.99. The molecule has 2 aromatic rings. The second kappa shape index (κ2) is 6.73. The highest BCUT2D eigenvalue weighted by atomic mass is 16.5. The highest BCUT2D eigenvalue weighted by Crippen LogP contribution is 2.09. The van der Waals surface area contributed by atoms with E-state index in [1.165, 1.54) is 17.3 Å². The van der Waals surface area contributed by atoms with E-state index in [2.05, 4.69) is 35.8 Å². The van der Waals surface area contributed by atoms with Crippen molar-refractivity contribution in [2.24, 2.45) is 5.84 Å². The third kappa shape index (κ3) is 3.59. The van der Waals surface area contributed by atoms with Crippen molar-refractivity contribution in [3.63, 3.8) is 0 Å². The number of hydrazine groups is 1. The zero-order valence-corrected chi connectivity index (χ0v) is 11.3. The van der Waals surface area contributed by atoms with E-state index >= 15 is 0 Å². The Balaban J connectivity index is 2.18. The molecule has 0 saturated carbocycles. The summed E-state index contributed by atoms with van der Waals surface area (Å²) >= 11 is 0. The van der Waals surface area contributed by atoms with Gasteiger partial charge in [0, 0.05) is 19.8 Å². The number of aromatic nitrogens is 6. The van der Waals surface area contributed by atoms with Gasteiger partial charge in [-0.1, -0.05) is 0 Å². The van der Waals surface area contributed by atoms with Gasteiger partial charge in [-0.2, -0.15) is 24.7 Å². The van der Waals surface area contributed by atoms with Crippen LogP contribution in [0.25, 0.3) is 5.95 Å². The minimum Gasteiger partial charge on any atom is -0.385 e. The van der Waals surface area contributed by atoms with Crippen LogP contribution in [-0.2, 0) is 4.74 Å². The molecule has 0 aliphatic carbocycles. The summed E-state index contributed by atoms with van der Waals surface area (Å²) in [4.78, 5) is 16.3. The van der Waals surface area contributed by atoms with Crippen molar-refractivity contribution in [3.8, 4) is 5.95 Å². The third-order valence-corrected chi connectivity index (χ3v) is 2.51. The molecule has 10 heteroatoms. The first kappa shape index (κ1) is 14.1. The molecule has 0 radical (unpaired) electrons. The van der Waals surface area contributed by atoms with Crippen molar-refractivity contribution in [1.82, 2.24) is 29.7 Å². The fraction of sp³-hybridized carbons (Fsp3) is 0.500. The van der Waals surface area contributed by atoms with E-state index in [1.54, 1.807) is 7.11 Å². The molecular weight excluding hydrogens is 262 g/mol. The SMILES string of the molecule is COCCC(C)Nc1nc(NN)nc(-n2cncn2)n1. The van der Waals surface area contributed by atoms with Crippen LogP contribution in [0.15, 0.2) is 12.7 Å². The Morgan fingerprint density at radius 1 is 1.35 bits per heavy atom. The van der Waals surface area contributed by atoms with E-state index in [9.17, 15) is 0 Å². The largest absolute Gasteiger partial charge is 0.385 e. The molecule has 108 valence electrons. The van der Waals surface area contributed by atoms with Crippen molar-refractivity contribution in [1.29, 1.82) is 0 Å². The van der Waals surface area contributed by atoms with Crippen LogP contribution >= 0.6 is 0 Å². The first-order valence-electron chi connectivity index (χ1n) is 6.06. The Kier molecular flexibility index (Phi) is 4.74. The monoisotopic (exact) mass is 279 g/mol. The second-order valence-corrected chi connectivity index (χ2v) is 4.09. The van der Waals surface area contributed by atoms with Gasteiger partial charge in [0.15, 0.2) is 0 Å². The lowest BCUT2D eigenvalue weighted by Crippen LogP contribution is -2.21. The molecule has 2 rings (SSSR count). The predicted octanol–water partition coefficient (Wildman–Crippen LogP) is -0.425. The number of nitrogens with two attached hydrogens (primary N) is 1. The molecule has 0 fully saturated rings. The van der Waals surface area contributed by atoms with Gasteiger partial charge in [0.05, 0.1) is 0 Å². The van der Waals surface area contributed by atoms with Crippen molar-refractivity contribution < 1.29 is 4.74 Å². The van der Waals surface area contributed by atoms with Gasteiger partial charge >= 0.3 is 0 Å². The number of hydrogen-bond acceptors (Lipinski definition) is 9. The smallest absolute Gasteiger partial charge is 0.258 e. The Bertz CT molecular complexity index is 530. The Morgan fingerprint density at radius 3 is 2.80 bits per heavy atom. The summed E-state index contributed by atoms with van der Waals surface area (Å²) in [7, 11) is 1.66. The van der Waals surface area contributed by atoms with Crippen molar-refractivity contribution in [2.75, 3.05) is 24.5 Å². The lowest BCUT2D eigenvalue weighted by Gasteiger charge is -2.14. The van der Waals surface area contributed by atoms with E-state index < -0.39 is 0 Å². The zero-order valence-electron chi connectivity index (χ0n) is 11.3. The number of nitrogens with zero attached hydrogens (tertiary/aromatic N) is 6. The van der Waals surface area contributed by atoms with E-state index in [-0.39, 0.29) is 12.0 Å². The highest BCUT2D eigenvalue weighted by molar-refractivity contribution is 5.37. The van der Waals surface area contributed by atoms with Crippen LogP contribution < -0.4 is 16.6 Å². The zero-order chi connectivity index (χ0) is 14.4. The van der Waals surface area contributed by atoms with Gasteiger partial charge in [0.2, 0.25) is 11.9 Å². The lowest BCUT2D eigenvalue weighted by atomic mass is 10.2. The molecule has 0 aromatic carbocycles. The number of ether oxygens (including phenoxy) is 1. The number of methoxy groups -OCH3 is 1. The summed E-state index contributed by atoms with van der Waals surface area (Å²) < 4.78 is 6.45. The molecule has 20 heavy (non-hydrogen) atoms. The van der Waals surface area contributed by atoms with E-state index in [1.807, 2.05) is 6.92 Å². The van der Waals surface area contributed by atoms with Crippen molar-refractivity contribution >= 4 is 11.9 Å². The summed E-state index contributed by atoms with van der Waals surface area (Å²) in [5.74, 6) is 6.33. The quantitative estimate of drug-likeness (QED) is 0.457. The molecule has 0 spiro atoms. The summed E-state index contributed by atoms with van der Waals surface area (Å²) in [6.07, 6.45) is 3.72. The number of anilines is 2. The number of rotatable bonds is 7. The first-order valence-corrected chi connectivity index (χ1v) is 6.06. The predicted molar refractivity (Wildman–Crippen MR) is 72.1 cm³/mol. The molecule has 0 amide bonds. The standard InChI is InChI=1S/C10H17N9O/c1-7(3-4-20-2)14-8-15-9(18-11)17-10(16-8)19-6-12-5-13-19/h5-7H,3-4,11H2,1-2H3,(H2,14,15,16,17,18). The molecule has 2 heterocycles. The summed E-state index contributed by atoms with van der Waals surface area (Å²) in [6, 6.07) is 0.145. The number of nitrogen functional groups attached to an aromatic ring is 1. The summed E-state index contributed by atoms with van der Waals surface area (Å²) in [5.41, 5.74) is 2.40. The first-order chi connectivity index (χ1) is 9.72. The Labute approximate surface area is 115 Å². The molecule has 2 aromatic heterocycles. The maximum Gasteiger partial charge on any atom is 0.258 e. The van der Waals surface area contributed by atoms with Crippen molar-refractivity contribution in [3.05, 3.63) is 12.7 Å². The topological polar surface area (TPSA) is 129 Å². The molecule has 0 bridgehead atoms. The molecule has 4 N–H and O–H groups in total. The van der Waals surface area contributed by atoms with Crippen molar-refractivity contribution in [2.45, 2.75) is 19.4 Å². The van der Waals surface area contributed by atoms with Gasteiger partial charge in [0.25, 0.3) is 5.95 Å². The van der Waals surface area contributed by atoms with Gasteiger partial charge in [0.1, 0.15) is 12.7 Å². The highest BCUT2D eigenvalue weighted by Gasteiger charge is 2.10. The van der Waals surface area contributed by atoms with Gasteiger partial charge in [-0.15, -0.1) is 0 Å². The molecule has 1 atom stereocenters. The maximum atomic E-state index is 5.36. The van der Waals surface area contributed by atoms with Gasteiger partial charge in [-0.05, 0) is 13.3 Å². The normalized spacial score (nSPS) is 12.2. The number of nitrogens with one attached hydrogen (secondary N) is 2. The van der Waals surface area contributed by atoms with E-state index in [0.29, 0.717) is 18.5 Å². The summed E-state index contributed by atoms with van der Waals surface area (Å²) in [6.45, 7) is 2.66. The maximum absolute atomic E-state index is 5.36. The van der Waals surface area contributed by atoms with Crippen LogP contribution in [0.3, 0.4) is 0 Å². The van der Waals surface area contributed by atoms with Gasteiger partial charge in [-0.3, -0.25) is 5.43 Å². The second-order valence-electron chi connectivity index (χ2n) is 4.09. The van der Waals surface area contributed by atoms with Gasteiger partial charge in [-0.25, -0.2) is 10.8 Å². The molecule has 0 aliphatic rings. The molecular formula is C10H17N9O. The minimum absolute atomic E-state index is 0.145. The summed E-state index contributed by atoms with van der Waals surface area (Å²) in [5, 5.41) is 7.12. The number of hydrogen-bond donors (Lipinski definition) is 3. The molecule has 10 nitrogen and oxygen atoms in total. The Morgan fingerprint density at radius 2 is 2.15 bits per heavy atom. The van der Waals surface area contributed by atoms with Crippen LogP contribution in [0.5, 0.6) is 0 Å². The lowest BCUT2D eigenvalue weighted by molar-refractivity contribution is 0.191. The molecule has 1 unspecified atom stereocenters. The van der Waals surface area contributed by atoms with Gasteiger partial charge < -0.3 is 10.1 Å². The average molecular weight is 279 g/mol. The minimum atomic E-state index is 0.145. The fourth-order valence-electron chi connectivity index (χ4n) is 1.49. The molecule has 0 saturated heterocycles. The van der Waals surface area contributed by atoms with E-state index in [4.69, 9.17) is 10.6 Å². The van der Waals surface area contributed by atoms with Crippen LogP contribution in [0, 0.1) is 0 Å².